The van der Waals surface area contributed by atoms with E-state index in [1.807, 2.05) is 16.7 Å². The number of amides is 1. The first-order valence-corrected chi connectivity index (χ1v) is 6.96. The second kappa shape index (κ2) is 6.34. The van der Waals surface area contributed by atoms with Crippen LogP contribution in [0.1, 0.15) is 19.8 Å². The van der Waals surface area contributed by atoms with Gasteiger partial charge in [-0.3, -0.25) is 14.5 Å². The van der Waals surface area contributed by atoms with Crippen LogP contribution in [0, 0.1) is 5.92 Å². The van der Waals surface area contributed by atoms with Crippen LogP contribution in [0.4, 0.5) is 0 Å². The van der Waals surface area contributed by atoms with Crippen LogP contribution in [0.5, 0.6) is 0 Å². The molecule has 0 aromatic carbocycles. The molecule has 6 nitrogen and oxygen atoms in total. The Morgan fingerprint density at radius 1 is 1.26 bits per heavy atom. The Morgan fingerprint density at radius 3 is 2.53 bits per heavy atom. The number of rotatable bonds is 4. The molecule has 2 aliphatic rings. The Morgan fingerprint density at radius 2 is 1.95 bits per heavy atom. The van der Waals surface area contributed by atoms with Crippen LogP contribution >= 0.6 is 0 Å². The molecule has 0 aromatic rings. The van der Waals surface area contributed by atoms with Crippen molar-refractivity contribution in [2.45, 2.75) is 25.9 Å². The summed E-state index contributed by atoms with van der Waals surface area (Å²) in [6, 6.07) is 0. The highest BCUT2D eigenvalue weighted by Gasteiger charge is 2.36. The molecule has 19 heavy (non-hydrogen) atoms. The number of hydrogen-bond donors (Lipinski definition) is 1. The number of carboxylic acids is 1. The number of piperazine rings is 1. The van der Waals surface area contributed by atoms with E-state index in [0.29, 0.717) is 32.8 Å². The van der Waals surface area contributed by atoms with Crippen molar-refractivity contribution in [3.05, 3.63) is 0 Å². The van der Waals surface area contributed by atoms with Gasteiger partial charge in [-0.15, -0.1) is 0 Å². The molecule has 2 aliphatic heterocycles. The van der Waals surface area contributed by atoms with E-state index in [9.17, 15) is 9.59 Å². The van der Waals surface area contributed by atoms with Crippen molar-refractivity contribution >= 4 is 11.9 Å². The van der Waals surface area contributed by atoms with E-state index in [1.54, 1.807) is 0 Å². The predicted molar refractivity (Wildman–Crippen MR) is 68.8 cm³/mol. The third-order valence-corrected chi connectivity index (χ3v) is 3.97. The fraction of sp³-hybridized carbons (Fsp3) is 0.846. The first kappa shape index (κ1) is 14.3. The molecule has 2 fully saturated rings. The van der Waals surface area contributed by atoms with Gasteiger partial charge < -0.3 is 14.7 Å². The van der Waals surface area contributed by atoms with Gasteiger partial charge in [0.25, 0.3) is 0 Å². The van der Waals surface area contributed by atoms with Gasteiger partial charge in [0.1, 0.15) is 0 Å². The number of ether oxygens (including phenoxy) is 1. The molecule has 0 saturated carbocycles. The topological polar surface area (TPSA) is 70.1 Å². The van der Waals surface area contributed by atoms with Crippen molar-refractivity contribution in [3.63, 3.8) is 0 Å². The zero-order chi connectivity index (χ0) is 13.8. The van der Waals surface area contributed by atoms with Crippen molar-refractivity contribution in [1.29, 1.82) is 0 Å². The molecule has 2 unspecified atom stereocenters. The summed E-state index contributed by atoms with van der Waals surface area (Å²) >= 11 is 0. The van der Waals surface area contributed by atoms with Gasteiger partial charge in [0.15, 0.2) is 0 Å². The Balaban J connectivity index is 1.83. The van der Waals surface area contributed by atoms with Gasteiger partial charge in [0, 0.05) is 32.8 Å². The molecule has 0 aromatic heterocycles. The standard InChI is InChI=1S/C13H22N2O4/c1-2-11-10(3-8-19-11)13(18)15-6-4-14(5-7-15)9-12(16)17/h10-11H,2-9H2,1H3,(H,16,17). The lowest BCUT2D eigenvalue weighted by Gasteiger charge is -2.35. The van der Waals surface area contributed by atoms with E-state index in [-0.39, 0.29) is 24.5 Å². The van der Waals surface area contributed by atoms with E-state index in [1.165, 1.54) is 0 Å². The predicted octanol–water partition coefficient (Wildman–Crippen LogP) is 0.0303. The van der Waals surface area contributed by atoms with Crippen molar-refractivity contribution in [1.82, 2.24) is 9.80 Å². The zero-order valence-corrected chi connectivity index (χ0v) is 11.4. The largest absolute Gasteiger partial charge is 0.480 e. The average molecular weight is 270 g/mol. The second-order valence-electron chi connectivity index (χ2n) is 5.21. The van der Waals surface area contributed by atoms with Gasteiger partial charge in [-0.2, -0.15) is 0 Å². The van der Waals surface area contributed by atoms with E-state index in [2.05, 4.69) is 0 Å². The Hall–Kier alpha value is -1.14. The lowest BCUT2D eigenvalue weighted by molar-refractivity contribution is -0.141. The SMILES string of the molecule is CCC1OCCC1C(=O)N1CCN(CC(=O)O)CC1. The average Bonchev–Trinajstić information content (AvgIpc) is 2.86. The summed E-state index contributed by atoms with van der Waals surface area (Å²) < 4.78 is 5.56. The minimum absolute atomic E-state index is 0.00368. The van der Waals surface area contributed by atoms with Gasteiger partial charge >= 0.3 is 5.97 Å². The summed E-state index contributed by atoms with van der Waals surface area (Å²) in [6.45, 7) is 5.31. The Bertz CT molecular complexity index is 340. The van der Waals surface area contributed by atoms with Crippen LogP contribution in [0.2, 0.25) is 0 Å². The molecule has 0 aliphatic carbocycles. The van der Waals surface area contributed by atoms with Crippen LogP contribution in [-0.4, -0.2) is 72.2 Å². The third kappa shape index (κ3) is 3.45. The van der Waals surface area contributed by atoms with Crippen LogP contribution < -0.4 is 0 Å². The molecule has 2 saturated heterocycles. The second-order valence-corrected chi connectivity index (χ2v) is 5.21. The van der Waals surface area contributed by atoms with Crippen molar-refractivity contribution in [2.24, 2.45) is 5.92 Å². The van der Waals surface area contributed by atoms with Crippen molar-refractivity contribution in [3.8, 4) is 0 Å². The minimum atomic E-state index is -0.810. The van der Waals surface area contributed by atoms with Gasteiger partial charge in [0.05, 0.1) is 18.6 Å². The monoisotopic (exact) mass is 270 g/mol. The maximum Gasteiger partial charge on any atom is 0.317 e. The quantitative estimate of drug-likeness (QED) is 0.780. The van der Waals surface area contributed by atoms with Gasteiger partial charge in [0.2, 0.25) is 5.91 Å². The van der Waals surface area contributed by atoms with Crippen LogP contribution in [0.15, 0.2) is 0 Å². The van der Waals surface area contributed by atoms with Crippen molar-refractivity contribution in [2.75, 3.05) is 39.3 Å². The number of aliphatic carboxylic acids is 1. The molecule has 0 spiro atoms. The summed E-state index contributed by atoms with van der Waals surface area (Å²) in [4.78, 5) is 26.8. The van der Waals surface area contributed by atoms with Gasteiger partial charge in [-0.25, -0.2) is 0 Å². The van der Waals surface area contributed by atoms with Crippen molar-refractivity contribution < 1.29 is 19.4 Å². The molecule has 108 valence electrons. The summed E-state index contributed by atoms with van der Waals surface area (Å²) in [6.07, 6.45) is 1.74. The van der Waals surface area contributed by atoms with Gasteiger partial charge in [-0.1, -0.05) is 6.92 Å². The fourth-order valence-electron chi connectivity index (χ4n) is 2.89. The number of carbonyl (C=O) groups is 2. The molecule has 2 rings (SSSR count). The number of carbonyl (C=O) groups excluding carboxylic acids is 1. The molecule has 2 atom stereocenters. The van der Waals surface area contributed by atoms with E-state index in [4.69, 9.17) is 9.84 Å². The highest BCUT2D eigenvalue weighted by molar-refractivity contribution is 5.80. The molecule has 0 bridgehead atoms. The van der Waals surface area contributed by atoms with E-state index >= 15 is 0 Å². The minimum Gasteiger partial charge on any atom is -0.480 e. The summed E-state index contributed by atoms with van der Waals surface area (Å²) in [5.41, 5.74) is 0. The zero-order valence-electron chi connectivity index (χ0n) is 11.4. The Kier molecular flexibility index (Phi) is 4.76. The van der Waals surface area contributed by atoms with Crippen LogP contribution in [0.3, 0.4) is 0 Å². The first-order valence-electron chi connectivity index (χ1n) is 6.96. The molecular formula is C13H22N2O4. The summed E-state index contributed by atoms with van der Waals surface area (Å²) in [5, 5.41) is 8.74. The normalized spacial score (nSPS) is 28.6. The smallest absolute Gasteiger partial charge is 0.317 e. The molecular weight excluding hydrogens is 248 g/mol. The molecule has 6 heteroatoms. The van der Waals surface area contributed by atoms with E-state index < -0.39 is 5.97 Å². The number of carboxylic acid groups (broad SMARTS) is 1. The third-order valence-electron chi connectivity index (χ3n) is 3.97. The maximum atomic E-state index is 12.4. The van der Waals surface area contributed by atoms with Crippen LogP contribution in [-0.2, 0) is 14.3 Å². The molecule has 0 radical (unpaired) electrons. The first-order chi connectivity index (χ1) is 9.11. The summed E-state index contributed by atoms with van der Waals surface area (Å²) in [5.74, 6) is -0.634. The maximum absolute atomic E-state index is 12.4. The highest BCUT2D eigenvalue weighted by Crippen LogP contribution is 2.25. The lowest BCUT2D eigenvalue weighted by Crippen LogP contribution is -2.52. The summed E-state index contributed by atoms with van der Waals surface area (Å²) in [7, 11) is 0. The number of hydrogen-bond acceptors (Lipinski definition) is 4. The van der Waals surface area contributed by atoms with E-state index in [0.717, 1.165) is 12.8 Å². The Labute approximate surface area is 113 Å². The molecule has 2 heterocycles. The molecule has 1 N–H and O–H groups in total. The van der Waals surface area contributed by atoms with Crippen LogP contribution in [0.25, 0.3) is 0 Å². The molecule has 1 amide bonds. The van der Waals surface area contributed by atoms with Gasteiger partial charge in [-0.05, 0) is 12.8 Å². The lowest BCUT2D eigenvalue weighted by atomic mass is 9.97. The fourth-order valence-corrected chi connectivity index (χ4v) is 2.89. The highest BCUT2D eigenvalue weighted by atomic mass is 16.5. The number of nitrogens with zero attached hydrogens (tertiary/aromatic N) is 2.